The fraction of sp³-hybridized carbons (Fsp3) is 0.455. The van der Waals surface area contributed by atoms with Gasteiger partial charge in [-0.2, -0.15) is 13.2 Å². The molecule has 0 amide bonds. The van der Waals surface area contributed by atoms with E-state index in [1.54, 1.807) is 0 Å². The summed E-state index contributed by atoms with van der Waals surface area (Å²) in [6.45, 7) is 0.175. The van der Waals surface area contributed by atoms with E-state index in [0.717, 1.165) is 37.5 Å². The van der Waals surface area contributed by atoms with Gasteiger partial charge in [-0.3, -0.25) is 0 Å². The summed E-state index contributed by atoms with van der Waals surface area (Å²) in [7, 11) is 0. The lowest BCUT2D eigenvalue weighted by Crippen LogP contribution is -2.15. The fourth-order valence-corrected chi connectivity index (χ4v) is 1.31. The number of alkyl halides is 3. The minimum Gasteiger partial charge on any atom is -0.477 e. The molecule has 0 bridgehead atoms. The minimum atomic E-state index is -4.40. The molecule has 0 aliphatic heterocycles. The standard InChI is InChI=1S/C11H10F3NO2/c12-11(13,14)8-1-2-9(15-5-8)17-7-10(6-16)3-4-10/h1-2,5-6H,3-4,7H2. The molecule has 0 aromatic carbocycles. The first-order valence-corrected chi connectivity index (χ1v) is 5.08. The highest BCUT2D eigenvalue weighted by Crippen LogP contribution is 2.43. The van der Waals surface area contributed by atoms with Gasteiger partial charge in [-0.15, -0.1) is 0 Å². The van der Waals surface area contributed by atoms with Crippen molar-refractivity contribution in [1.82, 2.24) is 4.98 Å². The van der Waals surface area contributed by atoms with Crippen molar-refractivity contribution >= 4 is 6.29 Å². The Bertz CT molecular complexity index is 410. The molecule has 1 aromatic rings. The predicted molar refractivity (Wildman–Crippen MR) is 52.5 cm³/mol. The molecule has 1 aliphatic carbocycles. The number of halogens is 3. The lowest BCUT2D eigenvalue weighted by atomic mass is 10.1. The summed E-state index contributed by atoms with van der Waals surface area (Å²) >= 11 is 0. The predicted octanol–water partition coefficient (Wildman–Crippen LogP) is 2.46. The highest BCUT2D eigenvalue weighted by molar-refractivity contribution is 5.63. The fourth-order valence-electron chi connectivity index (χ4n) is 1.31. The Hall–Kier alpha value is -1.59. The smallest absolute Gasteiger partial charge is 0.417 e. The van der Waals surface area contributed by atoms with Gasteiger partial charge in [0.25, 0.3) is 0 Å². The summed E-state index contributed by atoms with van der Waals surface area (Å²) in [5.41, 5.74) is -1.26. The SMILES string of the molecule is O=CC1(COc2ccc(C(F)(F)F)cn2)CC1. The molecule has 1 fully saturated rings. The molecule has 0 spiro atoms. The van der Waals surface area contributed by atoms with E-state index in [9.17, 15) is 18.0 Å². The second kappa shape index (κ2) is 4.01. The number of nitrogens with zero attached hydrogens (tertiary/aromatic N) is 1. The third-order valence-electron chi connectivity index (χ3n) is 2.71. The topological polar surface area (TPSA) is 39.2 Å². The number of ether oxygens (including phenoxy) is 1. The van der Waals surface area contributed by atoms with Gasteiger partial charge in [0, 0.05) is 12.3 Å². The van der Waals surface area contributed by atoms with E-state index in [2.05, 4.69) is 4.98 Å². The first-order chi connectivity index (χ1) is 7.95. The number of rotatable bonds is 4. The van der Waals surface area contributed by atoms with Crippen LogP contribution < -0.4 is 4.74 Å². The minimum absolute atomic E-state index is 0.103. The van der Waals surface area contributed by atoms with Crippen molar-refractivity contribution in [1.29, 1.82) is 0 Å². The van der Waals surface area contributed by atoms with Gasteiger partial charge in [-0.25, -0.2) is 4.98 Å². The molecule has 1 saturated carbocycles. The van der Waals surface area contributed by atoms with Crippen LogP contribution in [0.4, 0.5) is 13.2 Å². The van der Waals surface area contributed by atoms with Gasteiger partial charge in [0.15, 0.2) is 0 Å². The highest BCUT2D eigenvalue weighted by atomic mass is 19.4. The molecule has 1 heterocycles. The summed E-state index contributed by atoms with van der Waals surface area (Å²) in [6.07, 6.45) is -1.33. The number of hydrogen-bond acceptors (Lipinski definition) is 3. The molecule has 92 valence electrons. The number of aromatic nitrogens is 1. The molecule has 0 N–H and O–H groups in total. The zero-order chi connectivity index (χ0) is 12.5. The van der Waals surface area contributed by atoms with Crippen molar-refractivity contribution in [3.63, 3.8) is 0 Å². The number of pyridine rings is 1. The summed E-state index contributed by atoms with van der Waals surface area (Å²) in [5, 5.41) is 0. The summed E-state index contributed by atoms with van der Waals surface area (Å²) in [5.74, 6) is 0.103. The van der Waals surface area contributed by atoms with Gasteiger partial charge in [0.05, 0.1) is 11.0 Å². The first-order valence-electron chi connectivity index (χ1n) is 5.08. The van der Waals surface area contributed by atoms with Gasteiger partial charge < -0.3 is 9.53 Å². The maximum Gasteiger partial charge on any atom is 0.417 e. The molecule has 17 heavy (non-hydrogen) atoms. The molecule has 0 unspecified atom stereocenters. The zero-order valence-corrected chi connectivity index (χ0v) is 8.83. The largest absolute Gasteiger partial charge is 0.477 e. The van der Waals surface area contributed by atoms with Crippen LogP contribution in [-0.4, -0.2) is 17.9 Å². The maximum atomic E-state index is 12.2. The van der Waals surface area contributed by atoms with Crippen molar-refractivity contribution in [3.05, 3.63) is 23.9 Å². The van der Waals surface area contributed by atoms with Crippen molar-refractivity contribution in [2.45, 2.75) is 19.0 Å². The van der Waals surface area contributed by atoms with Gasteiger partial charge in [-0.1, -0.05) is 0 Å². The lowest BCUT2D eigenvalue weighted by Gasteiger charge is -2.10. The van der Waals surface area contributed by atoms with E-state index in [-0.39, 0.29) is 12.5 Å². The van der Waals surface area contributed by atoms with Crippen LogP contribution in [0, 0.1) is 5.41 Å². The summed E-state index contributed by atoms with van der Waals surface area (Å²) in [4.78, 5) is 14.2. The molecular formula is C11H10F3NO2. The Morgan fingerprint density at radius 3 is 2.53 bits per heavy atom. The van der Waals surface area contributed by atoms with Crippen LogP contribution in [0.25, 0.3) is 0 Å². The van der Waals surface area contributed by atoms with E-state index >= 15 is 0 Å². The van der Waals surface area contributed by atoms with Crippen molar-refractivity contribution < 1.29 is 22.7 Å². The lowest BCUT2D eigenvalue weighted by molar-refractivity contribution is -0.137. The van der Waals surface area contributed by atoms with Gasteiger partial charge >= 0.3 is 6.18 Å². The van der Waals surface area contributed by atoms with Crippen LogP contribution in [0.2, 0.25) is 0 Å². The van der Waals surface area contributed by atoms with Crippen LogP contribution in [0.5, 0.6) is 5.88 Å². The highest BCUT2D eigenvalue weighted by Gasteiger charge is 2.43. The number of hydrogen-bond donors (Lipinski definition) is 0. The quantitative estimate of drug-likeness (QED) is 0.765. The Morgan fingerprint density at radius 1 is 1.41 bits per heavy atom. The van der Waals surface area contributed by atoms with E-state index in [1.807, 2.05) is 0 Å². The van der Waals surface area contributed by atoms with Gasteiger partial charge in [-0.05, 0) is 18.9 Å². The second-order valence-electron chi connectivity index (χ2n) is 4.15. The molecule has 2 rings (SSSR count). The molecular weight excluding hydrogens is 235 g/mol. The maximum absolute atomic E-state index is 12.2. The molecule has 0 radical (unpaired) electrons. The molecule has 1 aromatic heterocycles. The normalized spacial score (nSPS) is 17.6. The zero-order valence-electron chi connectivity index (χ0n) is 8.83. The second-order valence-corrected chi connectivity index (χ2v) is 4.15. The van der Waals surface area contributed by atoms with Crippen LogP contribution in [0.3, 0.4) is 0 Å². The number of aldehydes is 1. The molecule has 6 heteroatoms. The van der Waals surface area contributed by atoms with Crippen molar-refractivity contribution in [2.24, 2.45) is 5.41 Å². The van der Waals surface area contributed by atoms with Crippen LogP contribution in [0.15, 0.2) is 18.3 Å². The number of carbonyl (C=O) groups excluding carboxylic acids is 1. The van der Waals surface area contributed by atoms with E-state index in [1.165, 1.54) is 0 Å². The van der Waals surface area contributed by atoms with Crippen LogP contribution in [0.1, 0.15) is 18.4 Å². The molecule has 0 atom stereocenters. The third-order valence-corrected chi connectivity index (χ3v) is 2.71. The summed E-state index contributed by atoms with van der Waals surface area (Å²) in [6, 6.07) is 2.06. The average Bonchev–Trinajstić information content (AvgIpc) is 3.06. The van der Waals surface area contributed by atoms with Gasteiger partial charge in [0.2, 0.25) is 5.88 Å². The van der Waals surface area contributed by atoms with E-state index in [4.69, 9.17) is 4.74 Å². The Kier molecular flexibility index (Phi) is 2.81. The van der Waals surface area contributed by atoms with Gasteiger partial charge in [0.1, 0.15) is 12.9 Å². The Labute approximate surface area is 95.6 Å². The average molecular weight is 245 g/mol. The Balaban J connectivity index is 1.97. The first kappa shape index (κ1) is 11.9. The van der Waals surface area contributed by atoms with Crippen LogP contribution in [-0.2, 0) is 11.0 Å². The third kappa shape index (κ3) is 2.75. The molecule has 3 nitrogen and oxygen atoms in total. The Morgan fingerprint density at radius 2 is 2.12 bits per heavy atom. The summed E-state index contributed by atoms with van der Waals surface area (Å²) < 4.78 is 41.9. The van der Waals surface area contributed by atoms with E-state index in [0.29, 0.717) is 0 Å². The molecule has 1 aliphatic rings. The number of carbonyl (C=O) groups is 1. The van der Waals surface area contributed by atoms with E-state index < -0.39 is 17.2 Å². The molecule has 0 saturated heterocycles. The van der Waals surface area contributed by atoms with Crippen molar-refractivity contribution in [2.75, 3.05) is 6.61 Å². The van der Waals surface area contributed by atoms with Crippen LogP contribution >= 0.6 is 0 Å². The van der Waals surface area contributed by atoms with Crippen molar-refractivity contribution in [3.8, 4) is 5.88 Å². The monoisotopic (exact) mass is 245 g/mol.